The molecular formula is C28H23N5O5S. The van der Waals surface area contributed by atoms with E-state index in [-0.39, 0.29) is 5.56 Å². The minimum atomic E-state index is -0.684. The van der Waals surface area contributed by atoms with Crippen molar-refractivity contribution < 1.29 is 23.8 Å². The van der Waals surface area contributed by atoms with Gasteiger partial charge in [-0.2, -0.15) is 5.10 Å². The lowest BCUT2D eigenvalue weighted by molar-refractivity contribution is -0.119. The molecule has 1 amide bonds. The van der Waals surface area contributed by atoms with Gasteiger partial charge in [0.05, 0.1) is 25.6 Å². The van der Waals surface area contributed by atoms with Crippen molar-refractivity contribution in [2.24, 2.45) is 0 Å². The average Bonchev–Trinajstić information content (AvgIpc) is 3.64. The number of para-hydroxylation sites is 1. The van der Waals surface area contributed by atoms with Gasteiger partial charge in [-0.3, -0.25) is 15.1 Å². The first-order valence-corrected chi connectivity index (χ1v) is 12.6. The lowest BCUT2D eigenvalue weighted by Crippen LogP contribution is -2.21. The number of amides is 1. The molecule has 39 heavy (non-hydrogen) atoms. The molecule has 0 saturated carbocycles. The molecule has 0 aliphatic carbocycles. The molecule has 0 saturated heterocycles. The van der Waals surface area contributed by atoms with Gasteiger partial charge in [0.25, 0.3) is 5.91 Å². The fourth-order valence-electron chi connectivity index (χ4n) is 3.78. The van der Waals surface area contributed by atoms with Crippen molar-refractivity contribution in [3.63, 3.8) is 0 Å². The molecule has 0 radical (unpaired) electrons. The van der Waals surface area contributed by atoms with E-state index in [1.807, 2.05) is 36.4 Å². The second-order valence-corrected chi connectivity index (χ2v) is 9.00. The predicted octanol–water partition coefficient (Wildman–Crippen LogP) is 4.87. The standard InChI is InChI=1S/C28H23N5O5S/c1-36-23-11-10-18(13-24(23)37-2)22-17-39-28(30-22)31-25(34)16-38-27(35)21-15-33(20-8-4-3-5-9-20)32-26(21)19-7-6-12-29-14-19/h3-15,17H,16H2,1-2H3,(H,30,31,34). The highest BCUT2D eigenvalue weighted by Crippen LogP contribution is 2.33. The van der Waals surface area contributed by atoms with Gasteiger partial charge in [0.2, 0.25) is 0 Å². The number of carbonyl (C=O) groups is 2. The molecule has 2 aromatic carbocycles. The van der Waals surface area contributed by atoms with Gasteiger partial charge in [-0.15, -0.1) is 11.3 Å². The van der Waals surface area contributed by atoms with Gasteiger partial charge in [-0.05, 0) is 42.5 Å². The van der Waals surface area contributed by atoms with E-state index in [0.29, 0.717) is 33.6 Å². The number of nitrogens with one attached hydrogen (secondary N) is 1. The Morgan fingerprint density at radius 1 is 0.974 bits per heavy atom. The lowest BCUT2D eigenvalue weighted by atomic mass is 10.1. The fourth-order valence-corrected chi connectivity index (χ4v) is 4.51. The highest BCUT2D eigenvalue weighted by Gasteiger charge is 2.21. The number of nitrogens with zero attached hydrogens (tertiary/aromatic N) is 4. The maximum Gasteiger partial charge on any atom is 0.342 e. The molecule has 11 heteroatoms. The molecule has 0 aliphatic heterocycles. The molecular weight excluding hydrogens is 518 g/mol. The van der Waals surface area contributed by atoms with Crippen LogP contribution in [0.25, 0.3) is 28.2 Å². The number of methoxy groups -OCH3 is 2. The Morgan fingerprint density at radius 2 is 1.79 bits per heavy atom. The van der Waals surface area contributed by atoms with Crippen molar-refractivity contribution in [3.8, 4) is 39.7 Å². The zero-order valence-electron chi connectivity index (χ0n) is 21.0. The van der Waals surface area contributed by atoms with Gasteiger partial charge in [0.15, 0.2) is 23.2 Å². The van der Waals surface area contributed by atoms with Crippen LogP contribution < -0.4 is 14.8 Å². The summed E-state index contributed by atoms with van der Waals surface area (Å²) in [7, 11) is 3.12. The van der Waals surface area contributed by atoms with E-state index in [1.165, 1.54) is 11.3 Å². The fraction of sp³-hybridized carbons (Fsp3) is 0.107. The largest absolute Gasteiger partial charge is 0.493 e. The molecule has 0 spiro atoms. The summed E-state index contributed by atoms with van der Waals surface area (Å²) in [5.74, 6) is -0.0270. The van der Waals surface area contributed by atoms with Crippen molar-refractivity contribution >= 4 is 28.3 Å². The van der Waals surface area contributed by atoms with Crippen molar-refractivity contribution in [3.05, 3.63) is 90.2 Å². The van der Waals surface area contributed by atoms with Crippen LogP contribution in [0.15, 0.2) is 84.6 Å². The molecule has 1 N–H and O–H groups in total. The van der Waals surface area contributed by atoms with Crippen molar-refractivity contribution in [2.45, 2.75) is 0 Å². The first kappa shape index (κ1) is 25.6. The number of carbonyl (C=O) groups excluding carboxylic acids is 2. The van der Waals surface area contributed by atoms with Crippen LogP contribution >= 0.6 is 11.3 Å². The van der Waals surface area contributed by atoms with Crippen molar-refractivity contribution in [2.75, 3.05) is 26.1 Å². The van der Waals surface area contributed by atoms with E-state index in [4.69, 9.17) is 14.2 Å². The summed E-state index contributed by atoms with van der Waals surface area (Å²) in [6.07, 6.45) is 4.82. The van der Waals surface area contributed by atoms with Crippen LogP contribution in [0.1, 0.15) is 10.4 Å². The minimum Gasteiger partial charge on any atom is -0.493 e. The van der Waals surface area contributed by atoms with E-state index >= 15 is 0 Å². The van der Waals surface area contributed by atoms with Crippen LogP contribution in [0.3, 0.4) is 0 Å². The van der Waals surface area contributed by atoms with Crippen LogP contribution in [-0.2, 0) is 9.53 Å². The summed E-state index contributed by atoms with van der Waals surface area (Å²) in [4.78, 5) is 34.2. The average molecular weight is 542 g/mol. The Balaban J connectivity index is 1.27. The highest BCUT2D eigenvalue weighted by molar-refractivity contribution is 7.14. The Morgan fingerprint density at radius 3 is 2.54 bits per heavy atom. The number of aromatic nitrogens is 4. The predicted molar refractivity (Wildman–Crippen MR) is 146 cm³/mol. The Kier molecular flexibility index (Phi) is 7.60. The molecule has 5 aromatic rings. The van der Waals surface area contributed by atoms with Crippen LogP contribution in [-0.4, -0.2) is 52.5 Å². The number of hydrogen-bond donors (Lipinski definition) is 1. The third kappa shape index (κ3) is 5.78. The summed E-state index contributed by atoms with van der Waals surface area (Å²) >= 11 is 1.25. The van der Waals surface area contributed by atoms with Crippen molar-refractivity contribution in [1.29, 1.82) is 0 Å². The number of esters is 1. The summed E-state index contributed by atoms with van der Waals surface area (Å²) < 4.78 is 17.5. The van der Waals surface area contributed by atoms with E-state index in [1.54, 1.807) is 67.1 Å². The molecule has 0 bridgehead atoms. The normalized spacial score (nSPS) is 10.6. The van der Waals surface area contributed by atoms with Gasteiger partial charge in [0.1, 0.15) is 11.3 Å². The van der Waals surface area contributed by atoms with Crippen LogP contribution in [0.2, 0.25) is 0 Å². The summed E-state index contributed by atoms with van der Waals surface area (Å²) in [5.41, 5.74) is 3.49. The van der Waals surface area contributed by atoms with E-state index in [9.17, 15) is 9.59 Å². The minimum absolute atomic E-state index is 0.213. The number of rotatable bonds is 9. The molecule has 5 rings (SSSR count). The van der Waals surface area contributed by atoms with E-state index in [0.717, 1.165) is 11.3 Å². The van der Waals surface area contributed by atoms with Crippen molar-refractivity contribution in [1.82, 2.24) is 19.7 Å². The number of ether oxygens (including phenoxy) is 3. The van der Waals surface area contributed by atoms with Crippen LogP contribution in [0, 0.1) is 0 Å². The first-order valence-electron chi connectivity index (χ1n) is 11.8. The summed E-state index contributed by atoms with van der Waals surface area (Å²) in [6.45, 7) is -0.493. The monoisotopic (exact) mass is 541 g/mol. The van der Waals surface area contributed by atoms with Crippen LogP contribution in [0.4, 0.5) is 5.13 Å². The molecule has 0 unspecified atom stereocenters. The lowest BCUT2D eigenvalue weighted by Gasteiger charge is -2.08. The van der Waals surface area contributed by atoms with Gasteiger partial charge in [0, 0.05) is 35.1 Å². The number of anilines is 1. The van der Waals surface area contributed by atoms with E-state index in [2.05, 4.69) is 20.4 Å². The molecule has 3 aromatic heterocycles. The number of hydrogen-bond acceptors (Lipinski definition) is 9. The summed E-state index contributed by atoms with van der Waals surface area (Å²) in [6, 6.07) is 18.4. The molecule has 0 aliphatic rings. The number of pyridine rings is 1. The quantitative estimate of drug-likeness (QED) is 0.263. The maximum absolute atomic E-state index is 13.0. The molecule has 0 atom stereocenters. The second-order valence-electron chi connectivity index (χ2n) is 8.15. The van der Waals surface area contributed by atoms with Gasteiger partial charge < -0.3 is 14.2 Å². The number of thiazole rings is 1. The Bertz CT molecular complexity index is 1600. The maximum atomic E-state index is 13.0. The molecule has 196 valence electrons. The van der Waals surface area contributed by atoms with Gasteiger partial charge in [-0.25, -0.2) is 14.5 Å². The third-order valence-corrected chi connectivity index (χ3v) is 6.41. The van der Waals surface area contributed by atoms with Gasteiger partial charge in [-0.1, -0.05) is 18.2 Å². The molecule has 3 heterocycles. The molecule has 10 nitrogen and oxygen atoms in total. The third-order valence-electron chi connectivity index (χ3n) is 5.65. The highest BCUT2D eigenvalue weighted by atomic mass is 32.1. The topological polar surface area (TPSA) is 117 Å². The van der Waals surface area contributed by atoms with Gasteiger partial charge >= 0.3 is 5.97 Å². The van der Waals surface area contributed by atoms with Crippen LogP contribution in [0.5, 0.6) is 11.5 Å². The smallest absolute Gasteiger partial charge is 0.342 e. The second kappa shape index (κ2) is 11.6. The first-order chi connectivity index (χ1) is 19.1. The molecule has 0 fully saturated rings. The van der Waals surface area contributed by atoms with E-state index < -0.39 is 18.5 Å². The Hall–Kier alpha value is -5.03. The Labute approximate surface area is 227 Å². The summed E-state index contributed by atoms with van der Waals surface area (Å²) in [5, 5.41) is 9.42. The zero-order valence-corrected chi connectivity index (χ0v) is 21.8. The zero-order chi connectivity index (χ0) is 27.2. The SMILES string of the molecule is COc1ccc(-c2csc(NC(=O)COC(=O)c3cn(-c4ccccc4)nc3-c3cccnc3)n2)cc1OC. The number of benzene rings is 2.